The van der Waals surface area contributed by atoms with Crippen LogP contribution in [0.25, 0.3) is 11.4 Å². The summed E-state index contributed by atoms with van der Waals surface area (Å²) in [6, 6.07) is 8.82. The second kappa shape index (κ2) is 8.37. The Bertz CT molecular complexity index is 1040. The van der Waals surface area contributed by atoms with Crippen LogP contribution in [0.1, 0.15) is 40.3 Å². The maximum absolute atomic E-state index is 12.5. The van der Waals surface area contributed by atoms with E-state index in [0.29, 0.717) is 17.3 Å². The van der Waals surface area contributed by atoms with Crippen molar-refractivity contribution in [3.63, 3.8) is 0 Å². The first kappa shape index (κ1) is 19.8. The van der Waals surface area contributed by atoms with E-state index in [1.807, 2.05) is 0 Å². The molecule has 8 nitrogen and oxygen atoms in total. The Morgan fingerprint density at radius 1 is 1.18 bits per heavy atom. The average Bonchev–Trinajstić information content (AvgIpc) is 3.17. The zero-order valence-corrected chi connectivity index (χ0v) is 15.9. The minimum Gasteiger partial charge on any atom is -0.325 e. The van der Waals surface area contributed by atoms with E-state index in [1.54, 1.807) is 30.3 Å². The molecule has 0 spiro atoms. The number of benzene rings is 1. The highest BCUT2D eigenvalue weighted by Gasteiger charge is 2.17. The zero-order valence-electron chi connectivity index (χ0n) is 15.1. The van der Waals surface area contributed by atoms with Gasteiger partial charge in [-0.15, -0.1) is 12.4 Å². The number of hydrogen-bond acceptors (Lipinski definition) is 5. The van der Waals surface area contributed by atoms with Crippen molar-refractivity contribution in [1.29, 1.82) is 0 Å². The molecule has 0 saturated heterocycles. The molecule has 1 aliphatic rings. The van der Waals surface area contributed by atoms with Gasteiger partial charge in [0, 0.05) is 16.9 Å². The highest BCUT2D eigenvalue weighted by Crippen LogP contribution is 2.20. The third kappa shape index (κ3) is 3.97. The lowest BCUT2D eigenvalue weighted by Gasteiger charge is -2.16. The van der Waals surface area contributed by atoms with Gasteiger partial charge in [-0.2, -0.15) is 5.10 Å². The van der Waals surface area contributed by atoms with Crippen molar-refractivity contribution < 1.29 is 4.79 Å². The summed E-state index contributed by atoms with van der Waals surface area (Å²) in [5.74, 6) is 0.731. The van der Waals surface area contributed by atoms with Crippen molar-refractivity contribution in [2.75, 3.05) is 5.32 Å². The lowest BCUT2D eigenvalue weighted by atomic mass is 9.95. The molecule has 1 amide bonds. The number of carbonyl (C=O) groups is 1. The summed E-state index contributed by atoms with van der Waals surface area (Å²) in [5.41, 5.74) is 8.72. The molecule has 146 valence electrons. The second-order valence-electron chi connectivity index (χ2n) is 6.56. The average molecular weight is 401 g/mol. The van der Waals surface area contributed by atoms with E-state index in [-0.39, 0.29) is 30.1 Å². The monoisotopic (exact) mass is 400 g/mol. The number of aromatic nitrogens is 4. The molecule has 5 N–H and O–H groups in total. The van der Waals surface area contributed by atoms with E-state index in [1.165, 1.54) is 0 Å². The van der Waals surface area contributed by atoms with Crippen LogP contribution in [-0.4, -0.2) is 26.1 Å². The van der Waals surface area contributed by atoms with Crippen LogP contribution >= 0.6 is 12.4 Å². The maximum Gasteiger partial charge on any atom is 0.261 e. The molecule has 9 heteroatoms. The lowest BCUT2D eigenvalue weighted by Crippen LogP contribution is -2.26. The fraction of sp³-hybridized carbons (Fsp3) is 0.263. The number of aryl methyl sites for hydroxylation is 2. The summed E-state index contributed by atoms with van der Waals surface area (Å²) in [6.07, 6.45) is 3.90. The zero-order chi connectivity index (χ0) is 18.8. The van der Waals surface area contributed by atoms with Crippen LogP contribution in [0.3, 0.4) is 0 Å². The SMILES string of the molecule is Cl.NCc1nc(-c2ccc(NC(=O)c3cc4c([nH]c3=O)CCCC4)cc2)n[nH]1. The van der Waals surface area contributed by atoms with Gasteiger partial charge >= 0.3 is 0 Å². The Morgan fingerprint density at radius 2 is 1.93 bits per heavy atom. The Hall–Kier alpha value is -2.97. The van der Waals surface area contributed by atoms with Crippen molar-refractivity contribution in [3.05, 3.63) is 63.3 Å². The quantitative estimate of drug-likeness (QED) is 0.533. The largest absolute Gasteiger partial charge is 0.325 e. The van der Waals surface area contributed by atoms with Crippen LogP contribution in [0.15, 0.2) is 35.1 Å². The van der Waals surface area contributed by atoms with Crippen molar-refractivity contribution in [2.45, 2.75) is 32.2 Å². The van der Waals surface area contributed by atoms with E-state index in [2.05, 4.69) is 25.5 Å². The first-order valence-electron chi connectivity index (χ1n) is 8.92. The van der Waals surface area contributed by atoms with Gasteiger partial charge in [0.25, 0.3) is 11.5 Å². The smallest absolute Gasteiger partial charge is 0.261 e. The Kier molecular flexibility index (Phi) is 5.91. The summed E-state index contributed by atoms with van der Waals surface area (Å²) in [4.78, 5) is 31.9. The summed E-state index contributed by atoms with van der Waals surface area (Å²) < 4.78 is 0. The number of nitrogens with zero attached hydrogens (tertiary/aromatic N) is 2. The van der Waals surface area contributed by atoms with E-state index >= 15 is 0 Å². The van der Waals surface area contributed by atoms with Crippen molar-refractivity contribution in [3.8, 4) is 11.4 Å². The molecule has 0 unspecified atom stereocenters. The summed E-state index contributed by atoms with van der Waals surface area (Å²) in [6.45, 7) is 0.288. The van der Waals surface area contributed by atoms with Gasteiger partial charge < -0.3 is 16.0 Å². The van der Waals surface area contributed by atoms with Crippen molar-refractivity contribution in [2.24, 2.45) is 5.73 Å². The van der Waals surface area contributed by atoms with E-state index in [9.17, 15) is 9.59 Å². The third-order valence-electron chi connectivity index (χ3n) is 4.71. The molecule has 3 aromatic rings. The van der Waals surface area contributed by atoms with Gasteiger partial charge in [-0.05, 0) is 61.6 Å². The Balaban J connectivity index is 0.00000225. The number of pyridine rings is 1. The number of nitrogens with two attached hydrogens (primary N) is 1. The number of amides is 1. The van der Waals surface area contributed by atoms with Crippen LogP contribution in [0.4, 0.5) is 5.69 Å². The predicted octanol–water partition coefficient (Wildman–Crippen LogP) is 2.17. The number of nitrogens with one attached hydrogen (secondary N) is 3. The fourth-order valence-electron chi connectivity index (χ4n) is 3.26. The highest BCUT2D eigenvalue weighted by molar-refractivity contribution is 6.04. The topological polar surface area (TPSA) is 130 Å². The number of rotatable bonds is 4. The molecule has 1 aromatic carbocycles. The van der Waals surface area contributed by atoms with Crippen LogP contribution in [0, 0.1) is 0 Å². The number of hydrogen-bond donors (Lipinski definition) is 4. The van der Waals surface area contributed by atoms with Gasteiger partial charge in [0.15, 0.2) is 5.82 Å². The first-order chi connectivity index (χ1) is 13.1. The van der Waals surface area contributed by atoms with Gasteiger partial charge in [-0.3, -0.25) is 14.7 Å². The first-order valence-corrected chi connectivity index (χ1v) is 8.92. The van der Waals surface area contributed by atoms with Crippen LogP contribution in [0.2, 0.25) is 0 Å². The van der Waals surface area contributed by atoms with Crippen LogP contribution in [0.5, 0.6) is 0 Å². The minimum absolute atomic E-state index is 0. The molecule has 4 rings (SSSR count). The van der Waals surface area contributed by atoms with Gasteiger partial charge in [0.2, 0.25) is 0 Å². The second-order valence-corrected chi connectivity index (χ2v) is 6.56. The number of anilines is 1. The molecule has 0 bridgehead atoms. The number of fused-ring (bicyclic) bond motifs is 1. The standard InChI is InChI=1S/C19H20N6O2.ClH/c20-10-16-23-17(25-24-16)11-5-7-13(8-6-11)21-18(26)14-9-12-3-1-2-4-15(12)22-19(14)27;/h5-9H,1-4,10,20H2,(H,21,26)(H,22,27)(H,23,24,25);1H. The molecule has 0 aliphatic heterocycles. The number of H-pyrrole nitrogens is 2. The number of carbonyl (C=O) groups excluding carboxylic acids is 1. The highest BCUT2D eigenvalue weighted by atomic mass is 35.5. The summed E-state index contributed by atoms with van der Waals surface area (Å²) >= 11 is 0. The Labute approximate surface area is 167 Å². The molecule has 1 aliphatic carbocycles. The molecule has 0 atom stereocenters. The van der Waals surface area contributed by atoms with Crippen molar-refractivity contribution >= 4 is 24.0 Å². The van der Waals surface area contributed by atoms with E-state index in [0.717, 1.165) is 42.5 Å². The third-order valence-corrected chi connectivity index (χ3v) is 4.71. The van der Waals surface area contributed by atoms with E-state index in [4.69, 9.17) is 5.73 Å². The molecule has 0 fully saturated rings. The van der Waals surface area contributed by atoms with Gasteiger partial charge in [-0.1, -0.05) is 0 Å². The molecule has 2 heterocycles. The minimum atomic E-state index is -0.416. The predicted molar refractivity (Wildman–Crippen MR) is 109 cm³/mol. The van der Waals surface area contributed by atoms with Crippen LogP contribution in [-0.2, 0) is 19.4 Å². The van der Waals surface area contributed by atoms with Crippen LogP contribution < -0.4 is 16.6 Å². The molecule has 0 saturated carbocycles. The number of halogens is 1. The maximum atomic E-state index is 12.5. The summed E-state index contributed by atoms with van der Waals surface area (Å²) in [7, 11) is 0. The molecule has 28 heavy (non-hydrogen) atoms. The Morgan fingerprint density at radius 3 is 2.64 bits per heavy atom. The molecule has 2 aromatic heterocycles. The molecule has 0 radical (unpaired) electrons. The van der Waals surface area contributed by atoms with E-state index < -0.39 is 5.91 Å². The molecular formula is C19H21ClN6O2. The van der Waals surface area contributed by atoms with Gasteiger partial charge in [0.1, 0.15) is 11.4 Å². The van der Waals surface area contributed by atoms with Gasteiger partial charge in [-0.25, -0.2) is 4.98 Å². The fourth-order valence-corrected chi connectivity index (χ4v) is 3.26. The van der Waals surface area contributed by atoms with Gasteiger partial charge in [0.05, 0.1) is 6.54 Å². The summed E-state index contributed by atoms with van der Waals surface area (Å²) in [5, 5.41) is 9.63. The molecular weight excluding hydrogens is 380 g/mol. The normalized spacial score (nSPS) is 12.8. The van der Waals surface area contributed by atoms with Crippen molar-refractivity contribution in [1.82, 2.24) is 20.2 Å². The lowest BCUT2D eigenvalue weighted by molar-refractivity contribution is 0.102. The number of aromatic amines is 2.